The van der Waals surface area contributed by atoms with Gasteiger partial charge in [-0.15, -0.1) is 11.3 Å². The fourth-order valence-corrected chi connectivity index (χ4v) is 4.25. The minimum absolute atomic E-state index is 0.0608. The predicted molar refractivity (Wildman–Crippen MR) is 124 cm³/mol. The molecule has 1 aromatic heterocycles. The van der Waals surface area contributed by atoms with E-state index in [-0.39, 0.29) is 29.0 Å². The number of rotatable bonds is 4. The number of nitrogens with zero attached hydrogens (tertiary/aromatic N) is 2. The molecule has 7 nitrogen and oxygen atoms in total. The number of piperazine rings is 1. The second-order valence-corrected chi connectivity index (χ2v) is 8.58. The van der Waals surface area contributed by atoms with Gasteiger partial charge in [0.25, 0.3) is 17.7 Å². The molecule has 0 spiro atoms. The average molecular weight is 470 g/mol. The van der Waals surface area contributed by atoms with E-state index in [1.165, 1.54) is 17.4 Å². The summed E-state index contributed by atoms with van der Waals surface area (Å²) in [6.07, 6.45) is 0. The van der Waals surface area contributed by atoms with Crippen molar-refractivity contribution >= 4 is 46.3 Å². The number of hydrogen-bond acceptors (Lipinski definition) is 5. The maximum Gasteiger partial charge on any atom is 0.265 e. The lowest BCUT2D eigenvalue weighted by molar-refractivity contribution is 0.0533. The van der Waals surface area contributed by atoms with Crippen LogP contribution in [0.3, 0.4) is 0 Å². The molecule has 0 radical (unpaired) electrons. The predicted octanol–water partition coefficient (Wildman–Crippen LogP) is 3.96. The lowest BCUT2D eigenvalue weighted by Crippen LogP contribution is -2.50. The van der Waals surface area contributed by atoms with E-state index in [2.05, 4.69) is 5.32 Å². The third-order valence-corrected chi connectivity index (χ3v) is 6.39. The maximum absolute atomic E-state index is 13.0. The summed E-state index contributed by atoms with van der Waals surface area (Å²) >= 11 is 7.53. The van der Waals surface area contributed by atoms with Gasteiger partial charge in [0.1, 0.15) is 5.75 Å². The minimum Gasteiger partial charge on any atom is -0.507 e. The van der Waals surface area contributed by atoms with Crippen LogP contribution in [0.2, 0.25) is 5.02 Å². The molecule has 1 fully saturated rings. The molecule has 2 heterocycles. The minimum atomic E-state index is -0.289. The van der Waals surface area contributed by atoms with Gasteiger partial charge >= 0.3 is 0 Å². The molecule has 1 aliphatic heterocycles. The molecule has 0 bridgehead atoms. The number of nitrogens with one attached hydrogen (secondary N) is 1. The molecule has 32 heavy (non-hydrogen) atoms. The van der Waals surface area contributed by atoms with Crippen molar-refractivity contribution in [3.8, 4) is 5.75 Å². The first kappa shape index (κ1) is 21.9. The van der Waals surface area contributed by atoms with Crippen molar-refractivity contribution in [2.45, 2.75) is 0 Å². The van der Waals surface area contributed by atoms with Crippen LogP contribution in [0.1, 0.15) is 30.4 Å². The van der Waals surface area contributed by atoms with Gasteiger partial charge in [-0.05, 0) is 41.8 Å². The number of hydrogen-bond donors (Lipinski definition) is 2. The second kappa shape index (κ2) is 9.42. The quantitative estimate of drug-likeness (QED) is 0.605. The number of benzene rings is 2. The van der Waals surface area contributed by atoms with Crippen molar-refractivity contribution in [1.29, 1.82) is 0 Å². The van der Waals surface area contributed by atoms with E-state index >= 15 is 0 Å². The zero-order valence-electron chi connectivity index (χ0n) is 17.0. The highest BCUT2D eigenvalue weighted by atomic mass is 35.5. The van der Waals surface area contributed by atoms with Gasteiger partial charge in [0.05, 0.1) is 21.2 Å². The zero-order chi connectivity index (χ0) is 22.7. The zero-order valence-corrected chi connectivity index (χ0v) is 18.5. The van der Waals surface area contributed by atoms with E-state index in [1.807, 2.05) is 0 Å². The summed E-state index contributed by atoms with van der Waals surface area (Å²) in [5, 5.41) is 14.8. The van der Waals surface area contributed by atoms with E-state index < -0.39 is 0 Å². The van der Waals surface area contributed by atoms with Crippen LogP contribution >= 0.6 is 22.9 Å². The number of para-hydroxylation sites is 1. The Labute approximate surface area is 193 Å². The lowest BCUT2D eigenvalue weighted by atomic mass is 10.1. The largest absolute Gasteiger partial charge is 0.507 e. The highest BCUT2D eigenvalue weighted by Crippen LogP contribution is 2.26. The number of phenols is 1. The first-order chi connectivity index (χ1) is 15.4. The first-order valence-electron chi connectivity index (χ1n) is 9.95. The number of halogens is 1. The third kappa shape index (κ3) is 4.61. The molecule has 9 heteroatoms. The van der Waals surface area contributed by atoms with Gasteiger partial charge < -0.3 is 20.2 Å². The Morgan fingerprint density at radius 2 is 1.59 bits per heavy atom. The molecule has 0 saturated carbocycles. The summed E-state index contributed by atoms with van der Waals surface area (Å²) in [6, 6.07) is 14.7. The fraction of sp³-hybridized carbons (Fsp3) is 0.174. The van der Waals surface area contributed by atoms with E-state index in [0.717, 1.165) is 0 Å². The molecule has 3 aromatic rings. The Kier molecular flexibility index (Phi) is 6.43. The number of anilines is 1. The van der Waals surface area contributed by atoms with Crippen molar-refractivity contribution in [2.75, 3.05) is 31.5 Å². The standard InChI is InChI=1S/C23H20ClN3O4S/c24-17-8-7-15(14-18(17)25-21(29)20-6-3-13-32-20)22(30)26-9-11-27(12-10-26)23(31)16-4-1-2-5-19(16)28/h1-8,13-14,28H,9-12H2,(H,25,29). The Hall–Kier alpha value is -3.36. The summed E-state index contributed by atoms with van der Waals surface area (Å²) in [6.45, 7) is 1.43. The van der Waals surface area contributed by atoms with Gasteiger partial charge in [0.2, 0.25) is 0 Å². The van der Waals surface area contributed by atoms with Gasteiger partial charge in [-0.3, -0.25) is 14.4 Å². The van der Waals surface area contributed by atoms with Gasteiger partial charge in [-0.2, -0.15) is 0 Å². The van der Waals surface area contributed by atoms with Gasteiger partial charge in [0.15, 0.2) is 0 Å². The Morgan fingerprint density at radius 3 is 2.25 bits per heavy atom. The number of phenolic OH excluding ortho intramolecular Hbond substituents is 1. The SMILES string of the molecule is O=C(Nc1cc(C(=O)N2CCN(C(=O)c3ccccc3O)CC2)ccc1Cl)c1cccs1. The van der Waals surface area contributed by atoms with Crippen LogP contribution in [0.4, 0.5) is 5.69 Å². The molecule has 0 atom stereocenters. The topological polar surface area (TPSA) is 90.0 Å². The summed E-state index contributed by atoms with van der Waals surface area (Å²) in [5.74, 6) is -0.819. The second-order valence-electron chi connectivity index (χ2n) is 7.23. The molecule has 4 rings (SSSR count). The number of carbonyl (C=O) groups excluding carboxylic acids is 3. The van der Waals surface area contributed by atoms with Gasteiger partial charge in [-0.25, -0.2) is 0 Å². The van der Waals surface area contributed by atoms with Crippen LogP contribution in [-0.4, -0.2) is 58.8 Å². The van der Waals surface area contributed by atoms with Crippen LogP contribution in [0.5, 0.6) is 5.75 Å². The molecule has 164 valence electrons. The molecular formula is C23H20ClN3O4S. The summed E-state index contributed by atoms with van der Waals surface area (Å²) in [5.41, 5.74) is 1.01. The molecule has 0 aliphatic carbocycles. The first-order valence-corrected chi connectivity index (χ1v) is 11.2. The fourth-order valence-electron chi connectivity index (χ4n) is 3.47. The Bertz CT molecular complexity index is 1160. The summed E-state index contributed by atoms with van der Waals surface area (Å²) < 4.78 is 0. The number of carbonyl (C=O) groups is 3. The number of aromatic hydroxyl groups is 1. The molecule has 1 saturated heterocycles. The van der Waals surface area contributed by atoms with Crippen molar-refractivity contribution in [2.24, 2.45) is 0 Å². The molecular weight excluding hydrogens is 450 g/mol. The maximum atomic E-state index is 13.0. The van der Waals surface area contributed by atoms with Crippen molar-refractivity contribution in [1.82, 2.24) is 9.80 Å². The van der Waals surface area contributed by atoms with E-state index in [1.54, 1.807) is 63.7 Å². The molecule has 0 unspecified atom stereocenters. The van der Waals surface area contributed by atoms with Crippen molar-refractivity contribution in [3.05, 3.63) is 81.0 Å². The van der Waals surface area contributed by atoms with Crippen LogP contribution in [-0.2, 0) is 0 Å². The van der Waals surface area contributed by atoms with Crippen molar-refractivity contribution in [3.63, 3.8) is 0 Å². The molecule has 1 aliphatic rings. The molecule has 2 aromatic carbocycles. The van der Waals surface area contributed by atoms with E-state index in [0.29, 0.717) is 47.3 Å². The smallest absolute Gasteiger partial charge is 0.265 e. The van der Waals surface area contributed by atoms with Crippen LogP contribution in [0.25, 0.3) is 0 Å². The normalized spacial score (nSPS) is 13.7. The van der Waals surface area contributed by atoms with Crippen LogP contribution in [0, 0.1) is 0 Å². The summed E-state index contributed by atoms with van der Waals surface area (Å²) in [4.78, 5) is 41.8. The van der Waals surface area contributed by atoms with Gasteiger partial charge in [-0.1, -0.05) is 29.8 Å². The van der Waals surface area contributed by atoms with Gasteiger partial charge in [0, 0.05) is 31.7 Å². The highest BCUT2D eigenvalue weighted by Gasteiger charge is 2.27. The highest BCUT2D eigenvalue weighted by molar-refractivity contribution is 7.12. The Balaban J connectivity index is 1.41. The number of thiophene rings is 1. The van der Waals surface area contributed by atoms with E-state index in [9.17, 15) is 19.5 Å². The molecule has 3 amide bonds. The van der Waals surface area contributed by atoms with E-state index in [4.69, 9.17) is 11.6 Å². The number of amides is 3. The molecule has 2 N–H and O–H groups in total. The lowest BCUT2D eigenvalue weighted by Gasteiger charge is -2.35. The van der Waals surface area contributed by atoms with Crippen molar-refractivity contribution < 1.29 is 19.5 Å². The monoisotopic (exact) mass is 469 g/mol. The summed E-state index contributed by atoms with van der Waals surface area (Å²) in [7, 11) is 0. The van der Waals surface area contributed by atoms with Crippen LogP contribution < -0.4 is 5.32 Å². The third-order valence-electron chi connectivity index (χ3n) is 5.20. The average Bonchev–Trinajstić information content (AvgIpc) is 3.35. The Morgan fingerprint density at radius 1 is 0.906 bits per heavy atom. The van der Waals surface area contributed by atoms with Crippen LogP contribution in [0.15, 0.2) is 60.0 Å².